The average molecular weight is 363 g/mol. The van der Waals surface area contributed by atoms with Gasteiger partial charge in [0.2, 0.25) is 0 Å². The van der Waals surface area contributed by atoms with Gasteiger partial charge in [-0.3, -0.25) is 0 Å². The van der Waals surface area contributed by atoms with E-state index in [2.05, 4.69) is 13.8 Å². The van der Waals surface area contributed by atoms with Crippen molar-refractivity contribution >= 4 is 0 Å². The summed E-state index contributed by atoms with van der Waals surface area (Å²) in [5, 5.41) is 0. The molecule has 146 valence electrons. The fourth-order valence-electron chi connectivity index (χ4n) is 5.41. The van der Waals surface area contributed by atoms with Gasteiger partial charge in [0.25, 0.3) is 0 Å². The molecule has 0 amide bonds. The molecule has 4 atom stereocenters. The van der Waals surface area contributed by atoms with E-state index in [4.69, 9.17) is 19.2 Å². The van der Waals surface area contributed by atoms with E-state index in [9.17, 15) is 0 Å². The van der Waals surface area contributed by atoms with Crippen molar-refractivity contribution in [2.24, 2.45) is 11.8 Å². The van der Waals surface area contributed by atoms with Crippen molar-refractivity contribution in [3.8, 4) is 0 Å². The molecule has 4 unspecified atom stereocenters. The second-order valence-corrected chi connectivity index (χ2v) is 8.96. The fraction of sp³-hybridized carbons (Fsp3) is 0.818. The van der Waals surface area contributed by atoms with Crippen LogP contribution in [0.2, 0.25) is 0 Å². The third kappa shape index (κ3) is 3.31. The van der Waals surface area contributed by atoms with Gasteiger partial charge in [0.1, 0.15) is 11.2 Å². The zero-order valence-corrected chi connectivity index (χ0v) is 16.3. The van der Waals surface area contributed by atoms with E-state index in [0.717, 1.165) is 0 Å². The molecule has 0 aromatic carbocycles. The zero-order valence-electron chi connectivity index (χ0n) is 16.3. The van der Waals surface area contributed by atoms with E-state index in [1.807, 2.05) is 12.2 Å². The first-order valence-corrected chi connectivity index (χ1v) is 10.6. The van der Waals surface area contributed by atoms with Crippen LogP contribution in [0.25, 0.3) is 0 Å². The Labute approximate surface area is 157 Å². The highest BCUT2D eigenvalue weighted by atomic mass is 17.2. The molecule has 0 saturated heterocycles. The standard InChI is InChI=1S/C22H34O4/c1-21(17-9-5-3-6-10-17)19(13-15-23-21)25-26-20-14-16-24-22(20,2)18-11-7-4-8-12-18/h13-20H,3-12H2,1-2H3. The van der Waals surface area contributed by atoms with Gasteiger partial charge in [0, 0.05) is 11.8 Å². The lowest BCUT2D eigenvalue weighted by Crippen LogP contribution is -2.49. The third-order valence-electron chi connectivity index (χ3n) is 7.38. The van der Waals surface area contributed by atoms with Crippen LogP contribution in [0.5, 0.6) is 0 Å². The highest BCUT2D eigenvalue weighted by Gasteiger charge is 2.50. The van der Waals surface area contributed by atoms with E-state index in [-0.39, 0.29) is 23.4 Å². The van der Waals surface area contributed by atoms with E-state index in [1.165, 1.54) is 64.2 Å². The highest BCUT2D eigenvalue weighted by molar-refractivity contribution is 5.10. The van der Waals surface area contributed by atoms with Crippen LogP contribution in [0.3, 0.4) is 0 Å². The number of hydrogen-bond donors (Lipinski definition) is 0. The topological polar surface area (TPSA) is 36.9 Å². The third-order valence-corrected chi connectivity index (χ3v) is 7.38. The normalized spacial score (nSPS) is 41.3. The molecular weight excluding hydrogens is 328 g/mol. The molecule has 4 nitrogen and oxygen atoms in total. The molecule has 0 N–H and O–H groups in total. The van der Waals surface area contributed by atoms with Crippen molar-refractivity contribution in [2.45, 2.75) is 101 Å². The monoisotopic (exact) mass is 362 g/mol. The van der Waals surface area contributed by atoms with Crippen molar-refractivity contribution in [1.29, 1.82) is 0 Å². The van der Waals surface area contributed by atoms with Gasteiger partial charge >= 0.3 is 0 Å². The Morgan fingerprint density at radius 1 is 0.654 bits per heavy atom. The number of hydrogen-bond acceptors (Lipinski definition) is 4. The molecule has 0 aromatic rings. The smallest absolute Gasteiger partial charge is 0.154 e. The Morgan fingerprint density at radius 2 is 1.04 bits per heavy atom. The van der Waals surface area contributed by atoms with Gasteiger partial charge in [-0.25, -0.2) is 9.78 Å². The second-order valence-electron chi connectivity index (χ2n) is 8.96. The summed E-state index contributed by atoms with van der Waals surface area (Å²) in [7, 11) is 0. The Hall–Kier alpha value is -1.00. The lowest BCUT2D eigenvalue weighted by molar-refractivity contribution is -0.372. The Morgan fingerprint density at radius 3 is 1.42 bits per heavy atom. The Balaban J connectivity index is 1.39. The first-order chi connectivity index (χ1) is 12.6. The molecule has 0 bridgehead atoms. The fourth-order valence-corrected chi connectivity index (χ4v) is 5.41. The van der Waals surface area contributed by atoms with Crippen LogP contribution in [-0.2, 0) is 19.2 Å². The van der Waals surface area contributed by atoms with Crippen LogP contribution in [0.4, 0.5) is 0 Å². The summed E-state index contributed by atoms with van der Waals surface area (Å²) in [6.45, 7) is 4.36. The molecular formula is C22H34O4. The molecule has 2 aliphatic heterocycles. The molecule has 0 radical (unpaired) electrons. The van der Waals surface area contributed by atoms with Crippen LogP contribution < -0.4 is 0 Å². The lowest BCUT2D eigenvalue weighted by Gasteiger charge is -2.41. The largest absolute Gasteiger partial charge is 0.492 e. The lowest BCUT2D eigenvalue weighted by atomic mass is 9.75. The first-order valence-electron chi connectivity index (χ1n) is 10.6. The molecule has 0 spiro atoms. The van der Waals surface area contributed by atoms with Crippen molar-refractivity contribution in [3.63, 3.8) is 0 Å². The highest BCUT2D eigenvalue weighted by Crippen LogP contribution is 2.44. The maximum atomic E-state index is 6.04. The molecule has 2 heterocycles. The van der Waals surface area contributed by atoms with E-state index in [0.29, 0.717) is 11.8 Å². The van der Waals surface area contributed by atoms with Gasteiger partial charge in [-0.05, 0) is 51.7 Å². The summed E-state index contributed by atoms with van der Waals surface area (Å²) in [5.74, 6) is 1.06. The minimum absolute atomic E-state index is 0.157. The minimum Gasteiger partial charge on any atom is -0.492 e. The van der Waals surface area contributed by atoms with E-state index in [1.54, 1.807) is 12.5 Å². The molecule has 4 aliphatic rings. The number of ether oxygens (including phenoxy) is 2. The average Bonchev–Trinajstić information content (AvgIpc) is 3.25. The summed E-state index contributed by atoms with van der Waals surface area (Å²) in [5.41, 5.74) is -0.629. The number of rotatable bonds is 5. The molecule has 2 saturated carbocycles. The van der Waals surface area contributed by atoms with Gasteiger partial charge in [-0.2, -0.15) is 0 Å². The molecule has 2 aliphatic carbocycles. The summed E-state index contributed by atoms with van der Waals surface area (Å²) in [4.78, 5) is 12.0. The van der Waals surface area contributed by atoms with Gasteiger partial charge in [-0.15, -0.1) is 0 Å². The Bertz CT molecular complexity index is 484. The van der Waals surface area contributed by atoms with Crippen LogP contribution >= 0.6 is 0 Å². The van der Waals surface area contributed by atoms with Crippen molar-refractivity contribution in [1.82, 2.24) is 0 Å². The zero-order chi connectivity index (χ0) is 18.0. The molecule has 4 rings (SSSR count). The second kappa shape index (κ2) is 7.55. The van der Waals surface area contributed by atoms with Gasteiger partial charge < -0.3 is 9.47 Å². The van der Waals surface area contributed by atoms with Crippen molar-refractivity contribution in [2.75, 3.05) is 0 Å². The molecule has 26 heavy (non-hydrogen) atoms. The predicted octanol–water partition coefficient (Wildman–Crippen LogP) is 5.44. The minimum atomic E-state index is -0.315. The van der Waals surface area contributed by atoms with E-state index >= 15 is 0 Å². The molecule has 2 fully saturated rings. The summed E-state index contributed by atoms with van der Waals surface area (Å²) >= 11 is 0. The van der Waals surface area contributed by atoms with Crippen LogP contribution in [-0.4, -0.2) is 23.4 Å². The maximum Gasteiger partial charge on any atom is 0.154 e. The van der Waals surface area contributed by atoms with Gasteiger partial charge in [-0.1, -0.05) is 38.5 Å². The quantitative estimate of drug-likeness (QED) is 0.482. The van der Waals surface area contributed by atoms with Gasteiger partial charge in [0.05, 0.1) is 12.5 Å². The van der Waals surface area contributed by atoms with Crippen molar-refractivity contribution < 1.29 is 19.2 Å². The SMILES string of the molecule is CC1(C2CCCCC2)OC=CC1OOC1C=COC1(C)C1CCCCC1. The summed E-state index contributed by atoms with van der Waals surface area (Å²) in [6.07, 6.45) is 20.0. The first kappa shape index (κ1) is 18.4. The molecule has 0 aromatic heterocycles. The van der Waals surface area contributed by atoms with Gasteiger partial charge in [0.15, 0.2) is 12.2 Å². The van der Waals surface area contributed by atoms with Crippen LogP contribution in [0.15, 0.2) is 24.7 Å². The summed E-state index contributed by atoms with van der Waals surface area (Å²) in [6, 6.07) is 0. The predicted molar refractivity (Wildman–Crippen MR) is 100 cm³/mol. The van der Waals surface area contributed by atoms with Crippen LogP contribution in [0, 0.1) is 11.8 Å². The van der Waals surface area contributed by atoms with Crippen molar-refractivity contribution in [3.05, 3.63) is 24.7 Å². The summed E-state index contributed by atoms with van der Waals surface area (Å²) < 4.78 is 12.1. The van der Waals surface area contributed by atoms with Crippen LogP contribution in [0.1, 0.15) is 78.1 Å². The maximum absolute atomic E-state index is 6.04. The van der Waals surface area contributed by atoms with E-state index < -0.39 is 0 Å². The Kier molecular flexibility index (Phi) is 5.34. The molecule has 4 heteroatoms.